The van der Waals surface area contributed by atoms with Crippen LogP contribution in [-0.2, 0) is 11.3 Å². The second-order valence-electron chi connectivity index (χ2n) is 7.21. The summed E-state index contributed by atoms with van der Waals surface area (Å²) in [6.07, 6.45) is 10.1. The summed E-state index contributed by atoms with van der Waals surface area (Å²) in [5, 5.41) is 0. The molecule has 0 aliphatic carbocycles. The average molecular weight is 303 g/mol. The van der Waals surface area contributed by atoms with Crippen LogP contribution in [0.3, 0.4) is 0 Å². The lowest BCUT2D eigenvalue weighted by Crippen LogP contribution is -2.18. The van der Waals surface area contributed by atoms with E-state index in [4.69, 9.17) is 4.74 Å². The summed E-state index contributed by atoms with van der Waals surface area (Å²) in [6, 6.07) is 10.4. The second kappa shape index (κ2) is 10.6. The van der Waals surface area contributed by atoms with Crippen molar-refractivity contribution >= 4 is 0 Å². The number of allylic oxidation sites excluding steroid dienone is 2. The highest BCUT2D eigenvalue weighted by Gasteiger charge is 2.16. The topological polar surface area (TPSA) is 9.23 Å². The first kappa shape index (κ1) is 19.0. The highest BCUT2D eigenvalue weighted by molar-refractivity contribution is 5.13. The summed E-state index contributed by atoms with van der Waals surface area (Å²) in [7, 11) is 0. The summed E-state index contributed by atoms with van der Waals surface area (Å²) in [6.45, 7) is 10.6. The number of hydrogen-bond acceptors (Lipinski definition) is 1. The van der Waals surface area contributed by atoms with Crippen LogP contribution in [0.1, 0.15) is 71.8 Å². The van der Waals surface area contributed by atoms with Crippen LogP contribution in [-0.4, -0.2) is 6.61 Å². The van der Waals surface area contributed by atoms with Crippen LogP contribution in [0.4, 0.5) is 0 Å². The van der Waals surface area contributed by atoms with Crippen molar-refractivity contribution in [3.8, 4) is 0 Å². The normalized spacial score (nSPS) is 12.6. The molecular formula is C21H34O. The third kappa shape index (κ3) is 9.04. The predicted molar refractivity (Wildman–Crippen MR) is 97.0 cm³/mol. The molecule has 0 amide bonds. The van der Waals surface area contributed by atoms with E-state index in [9.17, 15) is 0 Å². The Morgan fingerprint density at radius 3 is 2.50 bits per heavy atom. The van der Waals surface area contributed by atoms with Crippen molar-refractivity contribution in [2.75, 3.05) is 6.61 Å². The van der Waals surface area contributed by atoms with E-state index in [2.05, 4.69) is 58.0 Å². The maximum Gasteiger partial charge on any atom is 0.0717 e. The molecule has 0 aliphatic heterocycles. The Bertz CT molecular complexity index is 417. The van der Waals surface area contributed by atoms with Gasteiger partial charge in [-0.15, -0.1) is 0 Å². The molecule has 0 heterocycles. The monoisotopic (exact) mass is 302 g/mol. The Kier molecular flexibility index (Phi) is 9.15. The number of hydrogen-bond donors (Lipinski definition) is 0. The third-order valence-corrected chi connectivity index (χ3v) is 4.03. The first-order chi connectivity index (χ1) is 10.5. The van der Waals surface area contributed by atoms with Gasteiger partial charge in [0.2, 0.25) is 0 Å². The van der Waals surface area contributed by atoms with Crippen molar-refractivity contribution in [2.24, 2.45) is 5.41 Å². The Morgan fingerprint density at radius 2 is 1.82 bits per heavy atom. The minimum absolute atomic E-state index is 0.208. The predicted octanol–water partition coefficient (Wildman–Crippen LogP) is 6.54. The third-order valence-electron chi connectivity index (χ3n) is 4.03. The van der Waals surface area contributed by atoms with E-state index in [0.717, 1.165) is 13.0 Å². The highest BCUT2D eigenvalue weighted by Crippen LogP contribution is 2.23. The van der Waals surface area contributed by atoms with E-state index >= 15 is 0 Å². The summed E-state index contributed by atoms with van der Waals surface area (Å²) in [5.74, 6) is 0. The Balaban J connectivity index is 2.24. The molecule has 124 valence electrons. The zero-order valence-electron chi connectivity index (χ0n) is 15.0. The van der Waals surface area contributed by atoms with Gasteiger partial charge >= 0.3 is 0 Å². The lowest BCUT2D eigenvalue weighted by Gasteiger charge is -2.23. The van der Waals surface area contributed by atoms with Crippen molar-refractivity contribution in [3.63, 3.8) is 0 Å². The summed E-state index contributed by atoms with van der Waals surface area (Å²) in [5.41, 5.74) is 2.99. The zero-order valence-corrected chi connectivity index (χ0v) is 15.0. The minimum atomic E-state index is 0.208. The molecule has 0 fully saturated rings. The molecule has 0 saturated heterocycles. The highest BCUT2D eigenvalue weighted by atomic mass is 16.5. The minimum Gasteiger partial charge on any atom is -0.376 e. The Labute approximate surface area is 137 Å². The first-order valence-corrected chi connectivity index (χ1v) is 8.81. The molecule has 0 atom stereocenters. The van der Waals surface area contributed by atoms with Crippen molar-refractivity contribution < 1.29 is 4.74 Å². The molecule has 1 aromatic carbocycles. The van der Waals surface area contributed by atoms with Crippen molar-refractivity contribution in [3.05, 3.63) is 47.5 Å². The van der Waals surface area contributed by atoms with Crippen LogP contribution in [0.2, 0.25) is 0 Å². The van der Waals surface area contributed by atoms with E-state index in [1.165, 1.54) is 43.2 Å². The largest absolute Gasteiger partial charge is 0.376 e. The molecule has 0 spiro atoms. The van der Waals surface area contributed by atoms with E-state index in [-0.39, 0.29) is 5.41 Å². The van der Waals surface area contributed by atoms with Crippen molar-refractivity contribution in [1.29, 1.82) is 0 Å². The van der Waals surface area contributed by atoms with E-state index in [1.54, 1.807) is 0 Å². The van der Waals surface area contributed by atoms with Gasteiger partial charge in [0.25, 0.3) is 0 Å². The van der Waals surface area contributed by atoms with Crippen LogP contribution in [0.25, 0.3) is 0 Å². The van der Waals surface area contributed by atoms with Gasteiger partial charge in [0.05, 0.1) is 13.2 Å². The molecule has 1 rings (SSSR count). The fourth-order valence-electron chi connectivity index (χ4n) is 2.46. The van der Waals surface area contributed by atoms with Crippen LogP contribution >= 0.6 is 0 Å². The van der Waals surface area contributed by atoms with Crippen LogP contribution in [0.5, 0.6) is 0 Å². The molecule has 0 saturated carbocycles. The van der Waals surface area contributed by atoms with Gasteiger partial charge in [-0.05, 0) is 37.2 Å². The lowest BCUT2D eigenvalue weighted by atomic mass is 9.89. The van der Waals surface area contributed by atoms with E-state index in [0.29, 0.717) is 6.61 Å². The van der Waals surface area contributed by atoms with Crippen molar-refractivity contribution in [1.82, 2.24) is 0 Å². The zero-order chi connectivity index (χ0) is 16.3. The molecule has 1 aromatic rings. The second-order valence-corrected chi connectivity index (χ2v) is 7.21. The molecule has 1 nitrogen and oxygen atoms in total. The van der Waals surface area contributed by atoms with Gasteiger partial charge in [-0.25, -0.2) is 0 Å². The number of ether oxygens (including phenoxy) is 1. The van der Waals surface area contributed by atoms with Crippen LogP contribution in [0.15, 0.2) is 42.0 Å². The fraction of sp³-hybridized carbons (Fsp3) is 0.619. The summed E-state index contributed by atoms with van der Waals surface area (Å²) < 4.78 is 5.90. The average Bonchev–Trinajstić information content (AvgIpc) is 2.51. The SMILES string of the molecule is CCCCCC/C(C)=C/CC(C)(C)COCc1ccccc1. The molecule has 0 N–H and O–H groups in total. The molecule has 0 radical (unpaired) electrons. The molecular weight excluding hydrogens is 268 g/mol. The molecule has 0 bridgehead atoms. The number of unbranched alkanes of at least 4 members (excludes halogenated alkanes) is 3. The Hall–Kier alpha value is -1.08. The van der Waals surface area contributed by atoms with Crippen molar-refractivity contribution in [2.45, 2.75) is 72.8 Å². The van der Waals surface area contributed by atoms with Gasteiger partial charge < -0.3 is 4.74 Å². The maximum atomic E-state index is 5.90. The van der Waals surface area contributed by atoms with Crippen LogP contribution < -0.4 is 0 Å². The Morgan fingerprint density at radius 1 is 1.09 bits per heavy atom. The molecule has 22 heavy (non-hydrogen) atoms. The molecule has 1 heteroatoms. The fourth-order valence-corrected chi connectivity index (χ4v) is 2.46. The van der Waals surface area contributed by atoms with Crippen LogP contribution in [0, 0.1) is 5.41 Å². The molecule has 0 aliphatic rings. The first-order valence-electron chi connectivity index (χ1n) is 8.81. The van der Waals surface area contributed by atoms with Gasteiger partial charge in [-0.3, -0.25) is 0 Å². The smallest absolute Gasteiger partial charge is 0.0717 e. The molecule has 0 unspecified atom stereocenters. The maximum absolute atomic E-state index is 5.90. The lowest BCUT2D eigenvalue weighted by molar-refractivity contribution is 0.0526. The van der Waals surface area contributed by atoms with E-state index in [1.807, 2.05) is 6.07 Å². The van der Waals surface area contributed by atoms with Gasteiger partial charge in [-0.1, -0.05) is 82.0 Å². The van der Waals surface area contributed by atoms with Gasteiger partial charge in [0, 0.05) is 0 Å². The summed E-state index contributed by atoms with van der Waals surface area (Å²) >= 11 is 0. The standard InChI is InChI=1S/C21H34O/c1-5-6-7-9-12-19(2)15-16-21(3,4)18-22-17-20-13-10-8-11-14-20/h8,10-11,13-15H,5-7,9,12,16-18H2,1-4H3/b19-15+. The van der Waals surface area contributed by atoms with Gasteiger partial charge in [-0.2, -0.15) is 0 Å². The molecule has 0 aromatic heterocycles. The number of rotatable bonds is 11. The van der Waals surface area contributed by atoms with E-state index < -0.39 is 0 Å². The summed E-state index contributed by atoms with van der Waals surface area (Å²) in [4.78, 5) is 0. The quantitative estimate of drug-likeness (QED) is 0.333. The van der Waals surface area contributed by atoms with Gasteiger partial charge in [0.15, 0.2) is 0 Å². The van der Waals surface area contributed by atoms with Gasteiger partial charge in [0.1, 0.15) is 0 Å². The number of benzene rings is 1.